The van der Waals surface area contributed by atoms with Crippen molar-refractivity contribution in [1.29, 1.82) is 0 Å². The fraction of sp³-hybridized carbons (Fsp3) is 0.385. The molecule has 1 aromatic rings. The van der Waals surface area contributed by atoms with Gasteiger partial charge in [0.25, 0.3) is 11.6 Å². The number of carbonyl (C=O) groups is 2. The van der Waals surface area contributed by atoms with Crippen LogP contribution in [0.5, 0.6) is 0 Å². The van der Waals surface area contributed by atoms with Gasteiger partial charge in [-0.3, -0.25) is 19.7 Å². The van der Waals surface area contributed by atoms with Crippen LogP contribution in [-0.4, -0.2) is 41.3 Å². The maximum atomic E-state index is 12.2. The van der Waals surface area contributed by atoms with Gasteiger partial charge in [0.1, 0.15) is 0 Å². The quantitative estimate of drug-likeness (QED) is 0.663. The molecule has 8 heteroatoms. The number of hydrogen-bond donors (Lipinski definition) is 1. The molecule has 0 radical (unpaired) electrons. The molecule has 0 atom stereocenters. The van der Waals surface area contributed by atoms with E-state index >= 15 is 0 Å². The van der Waals surface area contributed by atoms with Crippen LogP contribution in [0.15, 0.2) is 18.2 Å². The summed E-state index contributed by atoms with van der Waals surface area (Å²) < 4.78 is 0. The van der Waals surface area contributed by atoms with E-state index in [0.29, 0.717) is 0 Å². The third kappa shape index (κ3) is 4.71. The molecule has 1 rings (SSSR count). The monoisotopic (exact) mass is 313 g/mol. The van der Waals surface area contributed by atoms with Gasteiger partial charge in [-0.2, -0.15) is 0 Å². The van der Waals surface area contributed by atoms with Crippen molar-refractivity contribution in [2.75, 3.05) is 13.6 Å². The standard InChI is InChI=1S/C13H16ClN3O4/c1-8(2)15-12(18)7-16(3)13(19)10-6-9(17(20)21)4-5-11(10)14/h4-6,8H,7H2,1-3H3,(H,15,18). The van der Waals surface area contributed by atoms with Gasteiger partial charge in [-0.1, -0.05) is 11.6 Å². The highest BCUT2D eigenvalue weighted by Crippen LogP contribution is 2.23. The summed E-state index contributed by atoms with van der Waals surface area (Å²) in [5, 5.41) is 13.5. The molecule has 0 spiro atoms. The summed E-state index contributed by atoms with van der Waals surface area (Å²) in [6, 6.07) is 3.56. The predicted octanol–water partition coefficient (Wildman–Crippen LogP) is 1.84. The average Bonchev–Trinajstić information content (AvgIpc) is 2.36. The first kappa shape index (κ1) is 16.9. The van der Waals surface area contributed by atoms with Crippen LogP contribution in [0.2, 0.25) is 5.02 Å². The number of carbonyl (C=O) groups excluding carboxylic acids is 2. The number of nitrogens with one attached hydrogen (secondary N) is 1. The number of hydrogen-bond acceptors (Lipinski definition) is 4. The minimum atomic E-state index is -0.613. The van der Waals surface area contributed by atoms with Crippen LogP contribution in [0, 0.1) is 10.1 Å². The summed E-state index contributed by atoms with van der Waals surface area (Å²) in [4.78, 5) is 35.1. The lowest BCUT2D eigenvalue weighted by atomic mass is 10.1. The average molecular weight is 314 g/mol. The zero-order valence-corrected chi connectivity index (χ0v) is 12.7. The third-order valence-corrected chi connectivity index (χ3v) is 2.90. The fourth-order valence-corrected chi connectivity index (χ4v) is 1.85. The first-order valence-electron chi connectivity index (χ1n) is 6.21. The Bertz CT molecular complexity index is 575. The van der Waals surface area contributed by atoms with Crippen molar-refractivity contribution in [3.63, 3.8) is 0 Å². The van der Waals surface area contributed by atoms with E-state index in [1.54, 1.807) is 13.8 Å². The van der Waals surface area contributed by atoms with Gasteiger partial charge in [-0.25, -0.2) is 0 Å². The van der Waals surface area contributed by atoms with E-state index in [9.17, 15) is 19.7 Å². The summed E-state index contributed by atoms with van der Waals surface area (Å²) >= 11 is 5.89. The van der Waals surface area contributed by atoms with Crippen molar-refractivity contribution in [3.8, 4) is 0 Å². The molecule has 0 heterocycles. The van der Waals surface area contributed by atoms with Gasteiger partial charge in [0.05, 0.1) is 22.1 Å². The number of benzene rings is 1. The summed E-state index contributed by atoms with van der Waals surface area (Å²) in [5.74, 6) is -0.870. The van der Waals surface area contributed by atoms with Crippen LogP contribution < -0.4 is 5.32 Å². The number of nitrogens with zero attached hydrogens (tertiary/aromatic N) is 2. The maximum absolute atomic E-state index is 12.2. The molecule has 0 saturated carbocycles. The Morgan fingerprint density at radius 3 is 2.57 bits per heavy atom. The van der Waals surface area contributed by atoms with E-state index in [1.165, 1.54) is 19.2 Å². The van der Waals surface area contributed by atoms with Gasteiger partial charge >= 0.3 is 0 Å². The van der Waals surface area contributed by atoms with Gasteiger partial charge in [-0.05, 0) is 19.9 Å². The van der Waals surface area contributed by atoms with Gasteiger partial charge in [-0.15, -0.1) is 0 Å². The van der Waals surface area contributed by atoms with Crippen LogP contribution in [0.25, 0.3) is 0 Å². The second kappa shape index (κ2) is 7.03. The first-order chi connectivity index (χ1) is 9.72. The number of likely N-dealkylation sites (N-methyl/N-ethyl adjacent to an activating group) is 1. The van der Waals surface area contributed by atoms with E-state index in [4.69, 9.17) is 11.6 Å². The van der Waals surface area contributed by atoms with E-state index in [0.717, 1.165) is 11.0 Å². The summed E-state index contributed by atoms with van der Waals surface area (Å²) in [6.07, 6.45) is 0. The number of non-ortho nitro benzene ring substituents is 1. The Hall–Kier alpha value is -2.15. The second-order valence-electron chi connectivity index (χ2n) is 4.80. The third-order valence-electron chi connectivity index (χ3n) is 2.57. The SMILES string of the molecule is CC(C)NC(=O)CN(C)C(=O)c1cc([N+](=O)[O-])ccc1Cl. The van der Waals surface area contributed by atoms with E-state index in [1.807, 2.05) is 0 Å². The van der Waals surface area contributed by atoms with Crippen molar-refractivity contribution >= 4 is 29.1 Å². The van der Waals surface area contributed by atoms with Gasteiger partial charge in [0, 0.05) is 25.2 Å². The molecule has 0 aliphatic heterocycles. The molecular formula is C13H16ClN3O4. The molecule has 114 valence electrons. The normalized spacial score (nSPS) is 10.3. The lowest BCUT2D eigenvalue weighted by Crippen LogP contribution is -2.40. The first-order valence-corrected chi connectivity index (χ1v) is 6.59. The van der Waals surface area contributed by atoms with Crippen LogP contribution in [0.1, 0.15) is 24.2 Å². The lowest BCUT2D eigenvalue weighted by molar-refractivity contribution is -0.384. The molecule has 21 heavy (non-hydrogen) atoms. The Balaban J connectivity index is 2.90. The highest BCUT2D eigenvalue weighted by molar-refractivity contribution is 6.34. The molecule has 0 saturated heterocycles. The number of nitro groups is 1. The van der Waals surface area contributed by atoms with Crippen LogP contribution in [0.3, 0.4) is 0 Å². The van der Waals surface area contributed by atoms with Crippen LogP contribution in [-0.2, 0) is 4.79 Å². The second-order valence-corrected chi connectivity index (χ2v) is 5.21. The Morgan fingerprint density at radius 1 is 1.43 bits per heavy atom. The zero-order chi connectivity index (χ0) is 16.2. The molecular weight excluding hydrogens is 298 g/mol. The van der Waals surface area contributed by atoms with Gasteiger partial charge in [0.15, 0.2) is 0 Å². The maximum Gasteiger partial charge on any atom is 0.270 e. The van der Waals surface area contributed by atoms with Gasteiger partial charge in [0.2, 0.25) is 5.91 Å². The fourth-order valence-electron chi connectivity index (χ4n) is 1.65. The largest absolute Gasteiger partial charge is 0.352 e. The molecule has 0 bridgehead atoms. The van der Waals surface area contributed by atoms with Crippen molar-refractivity contribution in [2.24, 2.45) is 0 Å². The van der Waals surface area contributed by atoms with Crippen LogP contribution >= 0.6 is 11.6 Å². The zero-order valence-electron chi connectivity index (χ0n) is 11.9. The number of nitro benzene ring substituents is 1. The molecule has 7 nitrogen and oxygen atoms in total. The Labute approximate surface area is 127 Å². The predicted molar refractivity (Wildman–Crippen MR) is 78.3 cm³/mol. The number of rotatable bonds is 5. The van der Waals surface area contributed by atoms with Crippen LogP contribution in [0.4, 0.5) is 5.69 Å². The minimum absolute atomic E-state index is 0.00860. The molecule has 2 amide bonds. The number of halogens is 1. The summed E-state index contributed by atoms with van der Waals surface area (Å²) in [7, 11) is 1.43. The lowest BCUT2D eigenvalue weighted by Gasteiger charge is -2.18. The smallest absolute Gasteiger partial charge is 0.270 e. The topological polar surface area (TPSA) is 92.6 Å². The highest BCUT2D eigenvalue weighted by atomic mass is 35.5. The minimum Gasteiger partial charge on any atom is -0.352 e. The molecule has 0 aliphatic carbocycles. The van der Waals surface area contributed by atoms with E-state index < -0.39 is 10.8 Å². The van der Waals surface area contributed by atoms with Crippen molar-refractivity contribution in [1.82, 2.24) is 10.2 Å². The van der Waals surface area contributed by atoms with Gasteiger partial charge < -0.3 is 10.2 Å². The highest BCUT2D eigenvalue weighted by Gasteiger charge is 2.20. The molecule has 0 fully saturated rings. The summed E-state index contributed by atoms with van der Waals surface area (Å²) in [5.41, 5.74) is -0.242. The molecule has 1 N–H and O–H groups in total. The molecule has 0 aliphatic rings. The number of amides is 2. The molecule has 0 aromatic heterocycles. The summed E-state index contributed by atoms with van der Waals surface area (Å²) in [6.45, 7) is 3.45. The van der Waals surface area contributed by atoms with E-state index in [-0.39, 0.29) is 34.8 Å². The Morgan fingerprint density at radius 2 is 2.05 bits per heavy atom. The van der Waals surface area contributed by atoms with E-state index in [2.05, 4.69) is 5.32 Å². The van der Waals surface area contributed by atoms with Crippen molar-refractivity contribution < 1.29 is 14.5 Å². The Kier molecular flexibility index (Phi) is 5.66. The van der Waals surface area contributed by atoms with Crippen molar-refractivity contribution in [2.45, 2.75) is 19.9 Å². The molecule has 0 unspecified atom stereocenters. The van der Waals surface area contributed by atoms with Crippen molar-refractivity contribution in [3.05, 3.63) is 38.9 Å². The molecule has 1 aromatic carbocycles.